The molecule has 0 aromatic rings. The quantitative estimate of drug-likeness (QED) is 0.330. The Hall–Kier alpha value is -0.830. The van der Waals surface area contributed by atoms with Crippen LogP contribution in [0.3, 0.4) is 0 Å². The fourth-order valence-electron chi connectivity index (χ4n) is 0.822. The Morgan fingerprint density at radius 1 is 1.46 bits per heavy atom. The molecule has 0 rings (SSSR count). The van der Waals surface area contributed by atoms with Gasteiger partial charge in [0.05, 0.1) is 6.61 Å². The van der Waals surface area contributed by atoms with Crippen LogP contribution in [0.1, 0.15) is 26.2 Å². The molecule has 0 unspecified atom stereocenters. The SMILES string of the molecule is C=CCCCC(=O)OCCOCC. The lowest BCUT2D eigenvalue weighted by molar-refractivity contribution is -0.145. The number of esters is 1. The van der Waals surface area contributed by atoms with Crippen molar-refractivity contribution in [2.45, 2.75) is 26.2 Å². The van der Waals surface area contributed by atoms with Crippen LogP contribution in [0.5, 0.6) is 0 Å². The van der Waals surface area contributed by atoms with Crippen LogP contribution in [-0.2, 0) is 14.3 Å². The lowest BCUT2D eigenvalue weighted by atomic mass is 10.2. The zero-order valence-electron chi connectivity index (χ0n) is 8.25. The van der Waals surface area contributed by atoms with E-state index >= 15 is 0 Å². The molecule has 3 heteroatoms. The number of rotatable bonds is 8. The minimum absolute atomic E-state index is 0.151. The maximum absolute atomic E-state index is 11.0. The molecular formula is C10H18O3. The predicted octanol–water partition coefficient (Wildman–Crippen LogP) is 1.92. The Labute approximate surface area is 79.7 Å². The molecule has 0 saturated carbocycles. The number of ether oxygens (including phenoxy) is 2. The first-order valence-electron chi connectivity index (χ1n) is 4.65. The number of carbonyl (C=O) groups excluding carboxylic acids is 1. The average Bonchev–Trinajstić information content (AvgIpc) is 2.13. The first-order chi connectivity index (χ1) is 6.31. The molecule has 0 amide bonds. The molecule has 0 N–H and O–H groups in total. The van der Waals surface area contributed by atoms with Crippen molar-refractivity contribution >= 4 is 5.97 Å². The molecular weight excluding hydrogens is 168 g/mol. The van der Waals surface area contributed by atoms with Crippen LogP contribution in [-0.4, -0.2) is 25.8 Å². The standard InChI is InChI=1S/C10H18O3/c1-3-5-6-7-10(11)13-9-8-12-4-2/h3H,1,4-9H2,2H3. The molecule has 0 aromatic heterocycles. The van der Waals surface area contributed by atoms with E-state index < -0.39 is 0 Å². The van der Waals surface area contributed by atoms with Gasteiger partial charge in [0.15, 0.2) is 0 Å². The smallest absolute Gasteiger partial charge is 0.305 e. The average molecular weight is 186 g/mol. The van der Waals surface area contributed by atoms with Crippen LogP contribution >= 0.6 is 0 Å². The Kier molecular flexibility index (Phi) is 8.67. The van der Waals surface area contributed by atoms with Gasteiger partial charge in [-0.2, -0.15) is 0 Å². The molecule has 0 fully saturated rings. The third-order valence-corrected chi connectivity index (χ3v) is 1.48. The minimum Gasteiger partial charge on any atom is -0.463 e. The fraction of sp³-hybridized carbons (Fsp3) is 0.700. The summed E-state index contributed by atoms with van der Waals surface area (Å²) in [6.45, 7) is 6.99. The van der Waals surface area contributed by atoms with Gasteiger partial charge in [0.2, 0.25) is 0 Å². The van der Waals surface area contributed by atoms with Gasteiger partial charge >= 0.3 is 5.97 Å². The summed E-state index contributed by atoms with van der Waals surface area (Å²) in [6.07, 6.45) is 3.95. The van der Waals surface area contributed by atoms with Gasteiger partial charge in [-0.15, -0.1) is 6.58 Å². The lowest BCUT2D eigenvalue weighted by Gasteiger charge is -2.03. The van der Waals surface area contributed by atoms with E-state index in [1.807, 2.05) is 6.92 Å². The highest BCUT2D eigenvalue weighted by atomic mass is 16.6. The molecule has 0 aliphatic carbocycles. The van der Waals surface area contributed by atoms with E-state index in [-0.39, 0.29) is 5.97 Å². The lowest BCUT2D eigenvalue weighted by Crippen LogP contribution is -2.10. The maximum atomic E-state index is 11.0. The van der Waals surface area contributed by atoms with Crippen LogP contribution in [0, 0.1) is 0 Å². The highest BCUT2D eigenvalue weighted by molar-refractivity contribution is 5.69. The van der Waals surface area contributed by atoms with Gasteiger partial charge in [-0.05, 0) is 19.8 Å². The second kappa shape index (κ2) is 9.26. The summed E-state index contributed by atoms with van der Waals surface area (Å²) in [4.78, 5) is 11.0. The molecule has 0 spiro atoms. The number of carbonyl (C=O) groups is 1. The van der Waals surface area contributed by atoms with Crippen molar-refractivity contribution in [2.75, 3.05) is 19.8 Å². The molecule has 13 heavy (non-hydrogen) atoms. The molecule has 0 aliphatic rings. The van der Waals surface area contributed by atoms with Crippen molar-refractivity contribution in [1.82, 2.24) is 0 Å². The molecule has 76 valence electrons. The summed E-state index contributed by atoms with van der Waals surface area (Å²) < 4.78 is 9.91. The van der Waals surface area contributed by atoms with Gasteiger partial charge in [-0.25, -0.2) is 0 Å². The summed E-state index contributed by atoms with van der Waals surface area (Å²) in [5.41, 5.74) is 0. The van der Waals surface area contributed by atoms with Crippen LogP contribution in [0.2, 0.25) is 0 Å². The van der Waals surface area contributed by atoms with E-state index in [2.05, 4.69) is 6.58 Å². The normalized spacial score (nSPS) is 9.62. The third-order valence-electron chi connectivity index (χ3n) is 1.48. The van der Waals surface area contributed by atoms with Crippen molar-refractivity contribution < 1.29 is 14.3 Å². The van der Waals surface area contributed by atoms with Gasteiger partial charge in [-0.3, -0.25) is 4.79 Å². The van der Waals surface area contributed by atoms with E-state index in [4.69, 9.17) is 9.47 Å². The first kappa shape index (κ1) is 12.2. The number of unbranched alkanes of at least 4 members (excludes halogenated alkanes) is 1. The van der Waals surface area contributed by atoms with E-state index in [1.54, 1.807) is 6.08 Å². The van der Waals surface area contributed by atoms with E-state index in [0.717, 1.165) is 12.8 Å². The second-order valence-corrected chi connectivity index (χ2v) is 2.60. The highest BCUT2D eigenvalue weighted by Crippen LogP contribution is 1.97. The Balaban J connectivity index is 3.15. The van der Waals surface area contributed by atoms with Crippen molar-refractivity contribution in [2.24, 2.45) is 0 Å². The van der Waals surface area contributed by atoms with E-state index in [9.17, 15) is 4.79 Å². The largest absolute Gasteiger partial charge is 0.463 e. The van der Waals surface area contributed by atoms with Crippen molar-refractivity contribution in [3.05, 3.63) is 12.7 Å². The topological polar surface area (TPSA) is 35.5 Å². The van der Waals surface area contributed by atoms with Gasteiger partial charge in [0.25, 0.3) is 0 Å². The maximum Gasteiger partial charge on any atom is 0.305 e. The number of allylic oxidation sites excluding steroid dienone is 1. The zero-order valence-corrected chi connectivity index (χ0v) is 8.25. The minimum atomic E-state index is -0.151. The van der Waals surface area contributed by atoms with Gasteiger partial charge in [-0.1, -0.05) is 6.08 Å². The van der Waals surface area contributed by atoms with Crippen LogP contribution < -0.4 is 0 Å². The van der Waals surface area contributed by atoms with Crippen LogP contribution in [0.4, 0.5) is 0 Å². The number of hydrogen-bond donors (Lipinski definition) is 0. The summed E-state index contributed by atoms with van der Waals surface area (Å²) >= 11 is 0. The van der Waals surface area contributed by atoms with Crippen LogP contribution in [0.25, 0.3) is 0 Å². The van der Waals surface area contributed by atoms with E-state index in [0.29, 0.717) is 26.2 Å². The fourth-order valence-corrected chi connectivity index (χ4v) is 0.822. The first-order valence-corrected chi connectivity index (χ1v) is 4.65. The highest BCUT2D eigenvalue weighted by Gasteiger charge is 2.00. The van der Waals surface area contributed by atoms with Crippen molar-refractivity contribution in [3.63, 3.8) is 0 Å². The summed E-state index contributed by atoms with van der Waals surface area (Å²) in [5, 5.41) is 0. The Morgan fingerprint density at radius 3 is 2.85 bits per heavy atom. The van der Waals surface area contributed by atoms with Crippen molar-refractivity contribution in [3.8, 4) is 0 Å². The van der Waals surface area contributed by atoms with Crippen molar-refractivity contribution in [1.29, 1.82) is 0 Å². The molecule has 0 aromatic carbocycles. The molecule has 0 saturated heterocycles. The third kappa shape index (κ3) is 9.08. The molecule has 0 aliphatic heterocycles. The second-order valence-electron chi connectivity index (χ2n) is 2.60. The number of hydrogen-bond acceptors (Lipinski definition) is 3. The van der Waals surface area contributed by atoms with Gasteiger partial charge in [0, 0.05) is 13.0 Å². The van der Waals surface area contributed by atoms with E-state index in [1.165, 1.54) is 0 Å². The molecule has 0 radical (unpaired) electrons. The molecule has 0 bridgehead atoms. The Morgan fingerprint density at radius 2 is 2.23 bits per heavy atom. The molecule has 0 atom stereocenters. The summed E-state index contributed by atoms with van der Waals surface area (Å²) in [5.74, 6) is -0.151. The molecule has 3 nitrogen and oxygen atoms in total. The monoisotopic (exact) mass is 186 g/mol. The molecule has 0 heterocycles. The van der Waals surface area contributed by atoms with Gasteiger partial charge in [0.1, 0.15) is 6.61 Å². The Bertz CT molecular complexity index is 143. The van der Waals surface area contributed by atoms with Gasteiger partial charge < -0.3 is 9.47 Å². The van der Waals surface area contributed by atoms with Crippen LogP contribution in [0.15, 0.2) is 12.7 Å². The summed E-state index contributed by atoms with van der Waals surface area (Å²) in [7, 11) is 0. The summed E-state index contributed by atoms with van der Waals surface area (Å²) in [6, 6.07) is 0. The predicted molar refractivity (Wildman–Crippen MR) is 51.5 cm³/mol. The zero-order chi connectivity index (χ0) is 9.94.